The second-order valence-corrected chi connectivity index (χ2v) is 18.3. The van der Waals surface area contributed by atoms with Crippen LogP contribution in [0, 0.1) is 30.1 Å². The maximum absolute atomic E-state index is 14.2. The molecule has 1 amide bonds. The molecule has 1 aromatic carbocycles. The summed E-state index contributed by atoms with van der Waals surface area (Å²) < 4.78 is 76.5. The van der Waals surface area contributed by atoms with Gasteiger partial charge < -0.3 is 14.5 Å². The molecule has 0 bridgehead atoms. The Hall–Kier alpha value is -5.15. The van der Waals surface area contributed by atoms with Crippen molar-refractivity contribution >= 4 is 65.8 Å². The zero-order chi connectivity index (χ0) is 43.2. The highest BCUT2D eigenvalue weighted by atomic mass is 35.5. The second-order valence-electron chi connectivity index (χ2n) is 15.1. The summed E-state index contributed by atoms with van der Waals surface area (Å²) in [5.74, 6) is 6.18. The summed E-state index contributed by atoms with van der Waals surface area (Å²) in [5, 5.41) is 11.8. The molecule has 61 heavy (non-hydrogen) atoms. The number of aryl methyl sites for hydroxylation is 1. The number of hydrogen-bond donors (Lipinski definition) is 1. The van der Waals surface area contributed by atoms with Gasteiger partial charge in [-0.25, -0.2) is 23.1 Å². The maximum Gasteiger partial charge on any atom is 0.522 e. The fourth-order valence-electron chi connectivity index (χ4n) is 8.11. The highest BCUT2D eigenvalue weighted by Crippen LogP contribution is 2.38. The molecule has 0 spiro atoms. The van der Waals surface area contributed by atoms with E-state index in [4.69, 9.17) is 16.3 Å². The number of nitrogens with zero attached hydrogens (tertiary/aromatic N) is 7. The van der Waals surface area contributed by atoms with Gasteiger partial charge in [-0.1, -0.05) is 23.4 Å². The van der Waals surface area contributed by atoms with Crippen molar-refractivity contribution < 1.29 is 35.9 Å². The number of benzene rings is 1. The molecule has 8 rings (SSSR count). The number of halogens is 4. The van der Waals surface area contributed by atoms with Crippen LogP contribution in [0.2, 0.25) is 5.02 Å². The summed E-state index contributed by atoms with van der Waals surface area (Å²) in [6.07, 6.45) is -0.378. The SMILES string of the molecule is CCN(c1ncc2nc(C)n(CC#Cc3ccc(Cl)cc3-c3ccnc4c(C(=O)NS(=O)(=O)C5COC5)csc34)c(=O)c2c1C#N)C1CCN(C2CC(OC(F)(F)F)C2)CC1. The third-order valence-electron chi connectivity index (χ3n) is 11.4. The number of nitrogens with one attached hydrogen (secondary N) is 1. The van der Waals surface area contributed by atoms with Gasteiger partial charge in [-0.05, 0) is 63.8 Å². The lowest BCUT2D eigenvalue weighted by molar-refractivity contribution is -0.354. The molecular weight excluding hydrogens is 857 g/mol. The summed E-state index contributed by atoms with van der Waals surface area (Å²) in [5.41, 5.74) is 2.19. The lowest BCUT2D eigenvalue weighted by Crippen LogP contribution is -2.54. The van der Waals surface area contributed by atoms with Gasteiger partial charge in [-0.3, -0.25) is 23.9 Å². The normalized spacial score (nSPS) is 18.8. The highest BCUT2D eigenvalue weighted by Gasteiger charge is 2.43. The molecule has 20 heteroatoms. The van der Waals surface area contributed by atoms with Crippen LogP contribution in [0.15, 0.2) is 46.8 Å². The van der Waals surface area contributed by atoms with Crippen molar-refractivity contribution in [3.05, 3.63) is 79.9 Å². The number of thiophene rings is 1. The van der Waals surface area contributed by atoms with Crippen molar-refractivity contribution in [1.82, 2.24) is 29.1 Å². The van der Waals surface area contributed by atoms with Gasteiger partial charge >= 0.3 is 6.36 Å². The van der Waals surface area contributed by atoms with Crippen molar-refractivity contribution in [3.8, 4) is 29.0 Å². The number of hydrogen-bond acceptors (Lipinski definition) is 13. The number of rotatable bonds is 10. The van der Waals surface area contributed by atoms with E-state index in [1.165, 1.54) is 28.3 Å². The molecule has 3 fully saturated rings. The molecule has 0 radical (unpaired) electrons. The van der Waals surface area contributed by atoms with Crippen LogP contribution in [0.1, 0.15) is 59.9 Å². The summed E-state index contributed by atoms with van der Waals surface area (Å²) >= 11 is 7.69. The van der Waals surface area contributed by atoms with Crippen molar-refractivity contribution in [2.24, 2.45) is 0 Å². The van der Waals surface area contributed by atoms with E-state index in [-0.39, 0.29) is 53.9 Å². The number of nitriles is 1. The first-order valence-electron chi connectivity index (χ1n) is 19.5. The molecular formula is C41H38ClF3N8O6S2. The molecule has 0 unspecified atom stereocenters. The van der Waals surface area contributed by atoms with E-state index >= 15 is 0 Å². The molecule has 5 aromatic rings. The van der Waals surface area contributed by atoms with Gasteiger partial charge in [0, 0.05) is 65.0 Å². The monoisotopic (exact) mass is 894 g/mol. The minimum atomic E-state index is -4.64. The van der Waals surface area contributed by atoms with Crippen molar-refractivity contribution in [1.29, 1.82) is 5.26 Å². The quantitative estimate of drug-likeness (QED) is 0.168. The Balaban J connectivity index is 1.04. The van der Waals surface area contributed by atoms with Gasteiger partial charge in [0.05, 0.1) is 58.7 Å². The summed E-state index contributed by atoms with van der Waals surface area (Å²) in [7, 11) is -3.93. The Labute approximate surface area is 357 Å². The Morgan fingerprint density at radius 1 is 1.16 bits per heavy atom. The Morgan fingerprint density at radius 3 is 2.59 bits per heavy atom. The average Bonchev–Trinajstić information content (AvgIpc) is 3.62. The molecule has 2 aliphatic heterocycles. The second kappa shape index (κ2) is 17.0. The van der Waals surface area contributed by atoms with E-state index in [1.54, 1.807) is 36.6 Å². The summed E-state index contributed by atoms with van der Waals surface area (Å²) in [6.45, 7) is 5.42. The van der Waals surface area contributed by atoms with Crippen LogP contribution >= 0.6 is 22.9 Å². The molecule has 2 saturated heterocycles. The molecule has 0 atom stereocenters. The highest BCUT2D eigenvalue weighted by molar-refractivity contribution is 7.90. The average molecular weight is 895 g/mol. The lowest BCUT2D eigenvalue weighted by Gasteiger charge is -2.47. The van der Waals surface area contributed by atoms with Crippen LogP contribution in [0.5, 0.6) is 0 Å². The van der Waals surface area contributed by atoms with Crippen molar-refractivity contribution in [2.75, 3.05) is 37.7 Å². The summed E-state index contributed by atoms with van der Waals surface area (Å²) in [4.78, 5) is 45.2. The van der Waals surface area contributed by atoms with E-state index in [0.717, 1.165) is 0 Å². The number of pyridine rings is 2. The van der Waals surface area contributed by atoms with Gasteiger partial charge in [0.15, 0.2) is 0 Å². The first-order chi connectivity index (χ1) is 29.2. The molecule has 318 valence electrons. The largest absolute Gasteiger partial charge is 0.522 e. The zero-order valence-corrected chi connectivity index (χ0v) is 35.2. The molecule has 6 heterocycles. The number of carbonyl (C=O) groups is 1. The molecule has 3 aliphatic rings. The number of alkyl halides is 3. The Kier molecular flexibility index (Phi) is 11.8. The van der Waals surface area contributed by atoms with Crippen LogP contribution in [0.3, 0.4) is 0 Å². The van der Waals surface area contributed by atoms with Crippen LogP contribution in [0.25, 0.3) is 32.2 Å². The molecule has 1 saturated carbocycles. The maximum atomic E-state index is 14.2. The summed E-state index contributed by atoms with van der Waals surface area (Å²) in [6, 6.07) is 9.13. The first-order valence-corrected chi connectivity index (χ1v) is 22.3. The van der Waals surface area contributed by atoms with Crippen LogP contribution in [0.4, 0.5) is 19.0 Å². The van der Waals surface area contributed by atoms with E-state index in [1.807, 2.05) is 11.8 Å². The number of aromatic nitrogens is 4. The number of likely N-dealkylation sites (tertiary alicyclic amines) is 1. The third-order valence-corrected chi connectivity index (χ3v) is 14.3. The van der Waals surface area contributed by atoms with E-state index in [0.29, 0.717) is 88.9 Å². The zero-order valence-electron chi connectivity index (χ0n) is 32.8. The number of sulfonamides is 1. The molecule has 4 aromatic heterocycles. The van der Waals surface area contributed by atoms with E-state index in [9.17, 15) is 36.4 Å². The van der Waals surface area contributed by atoms with E-state index < -0.39 is 39.2 Å². The van der Waals surface area contributed by atoms with Gasteiger partial charge in [-0.2, -0.15) is 5.26 Å². The fraction of sp³-hybridized carbons (Fsp3) is 0.415. The van der Waals surface area contributed by atoms with E-state index in [2.05, 4.69) is 47.2 Å². The molecule has 1 aliphatic carbocycles. The van der Waals surface area contributed by atoms with Gasteiger partial charge in [-0.15, -0.1) is 24.5 Å². The minimum absolute atomic E-state index is 0.0103. The Morgan fingerprint density at radius 2 is 1.92 bits per heavy atom. The number of amides is 1. The van der Waals surface area contributed by atoms with Gasteiger partial charge in [0.25, 0.3) is 11.5 Å². The van der Waals surface area contributed by atoms with Crippen molar-refractivity contribution in [2.45, 2.75) is 75.9 Å². The predicted octanol–water partition coefficient (Wildman–Crippen LogP) is 5.77. The number of piperidine rings is 1. The van der Waals surface area contributed by atoms with Gasteiger partial charge in [0.2, 0.25) is 10.0 Å². The number of ether oxygens (including phenoxy) is 2. The molecule has 1 N–H and O–H groups in total. The standard InChI is InChI=1S/C41H38ClF3N8O6S2/c1-3-52(26-9-13-51(14-10-26)27-16-28(17-27)59-41(43,44)45)38-32(18-46)35-34(19-48-38)49-23(2)53(40(35)55)12-4-5-24-6-7-25(42)15-31(24)30-8-11-47-36-33(22-60-37(30)36)39(54)50-61(56,57)29-20-58-21-29/h6-8,11,15,19,22,26-29H,3,9-10,12-14,16-17,20-21H2,1-2H3,(H,50,54). The fourth-order valence-corrected chi connectivity index (χ4v) is 10.4. The first kappa shape index (κ1) is 42.5. The van der Waals surface area contributed by atoms with Crippen LogP contribution < -0.4 is 15.2 Å². The third kappa shape index (κ3) is 8.55. The van der Waals surface area contributed by atoms with Crippen LogP contribution in [-0.4, -0.2) is 101 Å². The lowest BCUT2D eigenvalue weighted by atomic mass is 9.86. The van der Waals surface area contributed by atoms with Gasteiger partial charge in [0.1, 0.15) is 28.5 Å². The topological polar surface area (TPSA) is 173 Å². The number of fused-ring (bicyclic) bond motifs is 2. The predicted molar refractivity (Wildman–Crippen MR) is 223 cm³/mol. The number of anilines is 1. The Bertz CT molecular complexity index is 2820. The van der Waals surface area contributed by atoms with Crippen LogP contribution in [-0.2, 0) is 26.0 Å². The van der Waals surface area contributed by atoms with Crippen molar-refractivity contribution in [3.63, 3.8) is 0 Å². The smallest absolute Gasteiger partial charge is 0.378 e. The number of carbonyl (C=O) groups excluding carboxylic acids is 1. The minimum Gasteiger partial charge on any atom is -0.378 e. The molecule has 14 nitrogen and oxygen atoms in total.